The Bertz CT molecular complexity index is 595. The molecule has 2 aromatic rings. The van der Waals surface area contributed by atoms with Crippen LogP contribution in [0.15, 0.2) is 12.4 Å². The first-order chi connectivity index (χ1) is 9.42. The van der Waals surface area contributed by atoms with Crippen molar-refractivity contribution >= 4 is 30.6 Å². The Morgan fingerprint density at radius 1 is 1.35 bits per heavy atom. The lowest BCUT2D eigenvalue weighted by molar-refractivity contribution is 0.0814. The summed E-state index contributed by atoms with van der Waals surface area (Å²) < 4.78 is 7.41. The molecule has 0 saturated carbocycles. The molecule has 2 rings (SSSR count). The minimum Gasteiger partial charge on any atom is -0.392 e. The molecule has 0 saturated heterocycles. The molecule has 1 N–H and O–H groups in total. The Hall–Kier alpha value is -0.953. The normalized spacial score (nSPS) is 12.2. The number of ether oxygens (including phenoxy) is 1. The van der Waals surface area contributed by atoms with Crippen LogP contribution in [0, 0.1) is 0 Å². The summed E-state index contributed by atoms with van der Waals surface area (Å²) in [7, 11) is -1.09. The van der Waals surface area contributed by atoms with Crippen LogP contribution in [0.1, 0.15) is 5.56 Å². The van der Waals surface area contributed by atoms with Crippen molar-refractivity contribution in [1.82, 2.24) is 14.8 Å². The minimum absolute atomic E-state index is 0.0960. The van der Waals surface area contributed by atoms with Gasteiger partial charge >= 0.3 is 0 Å². The summed E-state index contributed by atoms with van der Waals surface area (Å²) in [6.45, 7) is 7.94. The number of halogens is 1. The molecule has 7 heteroatoms. The fourth-order valence-electron chi connectivity index (χ4n) is 1.88. The first-order valence-electron chi connectivity index (χ1n) is 6.60. The van der Waals surface area contributed by atoms with E-state index in [1.54, 1.807) is 17.1 Å². The average Bonchev–Trinajstić information content (AvgIpc) is 2.79. The molecule has 0 aliphatic carbocycles. The standard InChI is InChI=1S/C13H20ClN3O2Si/c1-20(2,3)5-4-19-9-17-12-10(8-18)6-15-13(14)11(12)7-16-17/h6-7,18H,4-5,8-9H2,1-3H3. The highest BCUT2D eigenvalue weighted by Crippen LogP contribution is 2.24. The first kappa shape index (κ1) is 15.4. The quantitative estimate of drug-likeness (QED) is 0.506. The lowest BCUT2D eigenvalue weighted by Crippen LogP contribution is -2.22. The van der Waals surface area contributed by atoms with Crippen LogP contribution in [-0.2, 0) is 18.1 Å². The summed E-state index contributed by atoms with van der Waals surface area (Å²) in [5, 5.41) is 14.8. The first-order valence-corrected chi connectivity index (χ1v) is 10.7. The number of hydrogen-bond acceptors (Lipinski definition) is 4. The molecule has 5 nitrogen and oxygen atoms in total. The van der Waals surface area contributed by atoms with Crippen molar-refractivity contribution in [3.8, 4) is 0 Å². The smallest absolute Gasteiger partial charge is 0.140 e. The van der Waals surface area contributed by atoms with Gasteiger partial charge in [0.15, 0.2) is 0 Å². The third-order valence-corrected chi connectivity index (χ3v) is 5.09. The van der Waals surface area contributed by atoms with Gasteiger partial charge in [-0.1, -0.05) is 31.2 Å². The Morgan fingerprint density at radius 3 is 2.75 bits per heavy atom. The van der Waals surface area contributed by atoms with Crippen LogP contribution in [0.2, 0.25) is 30.8 Å². The molecular formula is C13H20ClN3O2Si. The monoisotopic (exact) mass is 313 g/mol. The van der Waals surface area contributed by atoms with Crippen LogP contribution in [0.5, 0.6) is 0 Å². The van der Waals surface area contributed by atoms with Crippen molar-refractivity contribution in [3.63, 3.8) is 0 Å². The number of hydrogen-bond donors (Lipinski definition) is 1. The van der Waals surface area contributed by atoms with Gasteiger partial charge in [-0.15, -0.1) is 0 Å². The fourth-order valence-corrected chi connectivity index (χ4v) is 2.83. The molecule has 0 aromatic carbocycles. The van der Waals surface area contributed by atoms with Crippen LogP contribution >= 0.6 is 11.6 Å². The molecule has 2 heterocycles. The SMILES string of the molecule is C[Si](C)(C)CCOCn1ncc2c(Cl)ncc(CO)c21. The van der Waals surface area contributed by atoms with Crippen LogP contribution in [-0.4, -0.2) is 34.6 Å². The summed E-state index contributed by atoms with van der Waals surface area (Å²) in [4.78, 5) is 4.04. The highest BCUT2D eigenvalue weighted by molar-refractivity contribution is 6.76. The summed E-state index contributed by atoms with van der Waals surface area (Å²) in [5.41, 5.74) is 1.50. The molecule has 0 unspecified atom stereocenters. The van der Waals surface area contributed by atoms with E-state index in [1.807, 2.05) is 0 Å². The average molecular weight is 314 g/mol. The van der Waals surface area contributed by atoms with Crippen molar-refractivity contribution in [2.45, 2.75) is 39.0 Å². The molecule has 0 atom stereocenters. The van der Waals surface area contributed by atoms with E-state index in [1.165, 1.54) is 0 Å². The van der Waals surface area contributed by atoms with Gasteiger partial charge in [0.1, 0.15) is 11.9 Å². The number of fused-ring (bicyclic) bond motifs is 1. The highest BCUT2D eigenvalue weighted by atomic mass is 35.5. The van der Waals surface area contributed by atoms with Gasteiger partial charge in [0.25, 0.3) is 0 Å². The number of aromatic nitrogens is 3. The molecule has 0 bridgehead atoms. The van der Waals surface area contributed by atoms with E-state index in [4.69, 9.17) is 16.3 Å². The maximum absolute atomic E-state index is 9.39. The molecule has 20 heavy (non-hydrogen) atoms. The van der Waals surface area contributed by atoms with Crippen LogP contribution in [0.4, 0.5) is 0 Å². The van der Waals surface area contributed by atoms with Crippen molar-refractivity contribution in [2.24, 2.45) is 0 Å². The van der Waals surface area contributed by atoms with Gasteiger partial charge in [-0.2, -0.15) is 5.10 Å². The second-order valence-corrected chi connectivity index (χ2v) is 12.0. The molecule has 0 spiro atoms. The van der Waals surface area contributed by atoms with Gasteiger partial charge in [0.05, 0.1) is 23.7 Å². The third-order valence-electron chi connectivity index (χ3n) is 3.08. The topological polar surface area (TPSA) is 60.2 Å². The van der Waals surface area contributed by atoms with Crippen LogP contribution in [0.25, 0.3) is 10.9 Å². The lowest BCUT2D eigenvalue weighted by Gasteiger charge is -2.15. The zero-order valence-electron chi connectivity index (χ0n) is 12.1. The highest BCUT2D eigenvalue weighted by Gasteiger charge is 2.14. The van der Waals surface area contributed by atoms with Gasteiger partial charge in [-0.3, -0.25) is 0 Å². The van der Waals surface area contributed by atoms with Crippen molar-refractivity contribution in [2.75, 3.05) is 6.61 Å². The van der Waals surface area contributed by atoms with E-state index in [9.17, 15) is 5.11 Å². The van der Waals surface area contributed by atoms with E-state index >= 15 is 0 Å². The second-order valence-electron chi connectivity index (χ2n) is 5.99. The third kappa shape index (κ3) is 3.57. The zero-order valence-corrected chi connectivity index (χ0v) is 13.8. The van der Waals surface area contributed by atoms with E-state index in [0.717, 1.165) is 23.6 Å². The summed E-state index contributed by atoms with van der Waals surface area (Å²) in [5.74, 6) is 0. The van der Waals surface area contributed by atoms with Gasteiger partial charge in [-0.25, -0.2) is 9.67 Å². The zero-order chi connectivity index (χ0) is 14.8. The number of aliphatic hydroxyl groups excluding tert-OH is 1. The van der Waals surface area contributed by atoms with Gasteiger partial charge in [0.2, 0.25) is 0 Å². The maximum Gasteiger partial charge on any atom is 0.140 e. The number of aliphatic hydroxyl groups is 1. The van der Waals surface area contributed by atoms with Crippen molar-refractivity contribution < 1.29 is 9.84 Å². The fraction of sp³-hybridized carbons (Fsp3) is 0.538. The molecule has 0 radical (unpaired) electrons. The van der Waals surface area contributed by atoms with Gasteiger partial charge in [-0.05, 0) is 6.04 Å². The molecule has 0 aliphatic rings. The predicted octanol–water partition coefficient (Wildman–Crippen LogP) is 2.89. The Kier molecular flexibility index (Phi) is 4.80. The molecule has 0 aliphatic heterocycles. The number of pyridine rings is 1. The largest absolute Gasteiger partial charge is 0.392 e. The Morgan fingerprint density at radius 2 is 2.10 bits per heavy atom. The number of nitrogens with zero attached hydrogens (tertiary/aromatic N) is 3. The van der Waals surface area contributed by atoms with Crippen molar-refractivity contribution in [1.29, 1.82) is 0 Å². The van der Waals surface area contributed by atoms with Crippen LogP contribution in [0.3, 0.4) is 0 Å². The van der Waals surface area contributed by atoms with E-state index in [2.05, 4.69) is 29.7 Å². The molecule has 110 valence electrons. The Balaban J connectivity index is 2.13. The summed E-state index contributed by atoms with van der Waals surface area (Å²) in [6, 6.07) is 1.11. The van der Waals surface area contributed by atoms with Crippen molar-refractivity contribution in [3.05, 3.63) is 23.1 Å². The molecular weight excluding hydrogens is 294 g/mol. The van der Waals surface area contributed by atoms with E-state index in [-0.39, 0.29) is 6.61 Å². The molecule has 0 amide bonds. The van der Waals surface area contributed by atoms with Crippen LogP contribution < -0.4 is 0 Å². The molecule has 0 fully saturated rings. The predicted molar refractivity (Wildman–Crippen MR) is 82.6 cm³/mol. The Labute approximate surface area is 124 Å². The number of rotatable bonds is 6. The maximum atomic E-state index is 9.39. The minimum atomic E-state index is -1.09. The summed E-state index contributed by atoms with van der Waals surface area (Å²) >= 11 is 6.04. The summed E-state index contributed by atoms with van der Waals surface area (Å²) in [6.07, 6.45) is 3.23. The van der Waals surface area contributed by atoms with E-state index < -0.39 is 8.07 Å². The lowest BCUT2D eigenvalue weighted by atomic mass is 10.2. The van der Waals surface area contributed by atoms with Gasteiger partial charge < -0.3 is 9.84 Å². The second kappa shape index (κ2) is 6.22. The molecule has 2 aromatic heterocycles. The van der Waals surface area contributed by atoms with Gasteiger partial charge in [0, 0.05) is 26.4 Å². The van der Waals surface area contributed by atoms with E-state index in [0.29, 0.717) is 17.4 Å².